The number of aromatic nitrogens is 1. The van der Waals surface area contributed by atoms with Gasteiger partial charge in [-0.05, 0) is 45.0 Å². The Morgan fingerprint density at radius 3 is 2.63 bits per heavy atom. The highest BCUT2D eigenvalue weighted by Gasteiger charge is 2.26. The Bertz CT molecular complexity index is 1580. The molecule has 1 amide bonds. The second kappa shape index (κ2) is 8.96. The molecule has 2 aromatic carbocycles. The van der Waals surface area contributed by atoms with Gasteiger partial charge in [0.15, 0.2) is 5.78 Å². The minimum Gasteiger partial charge on any atom is -0.422 e. The zero-order chi connectivity index (χ0) is 24.7. The lowest BCUT2D eigenvalue weighted by atomic mass is 10.1. The minimum atomic E-state index is -0.510. The minimum absolute atomic E-state index is 0.303. The molecule has 4 aromatic rings. The Morgan fingerprint density at radius 1 is 1.09 bits per heavy atom. The van der Waals surface area contributed by atoms with Gasteiger partial charge in [-0.3, -0.25) is 9.59 Å². The quantitative estimate of drug-likeness (QED) is 0.227. The molecule has 8 heteroatoms. The van der Waals surface area contributed by atoms with Crippen LogP contribution in [0.1, 0.15) is 34.8 Å². The lowest BCUT2D eigenvalue weighted by Crippen LogP contribution is -2.21. The summed E-state index contributed by atoms with van der Waals surface area (Å²) in [5, 5.41) is 3.95. The highest BCUT2D eigenvalue weighted by molar-refractivity contribution is 7.17. The molecule has 1 N–H and O–H groups in total. The molecule has 0 bridgehead atoms. The molecule has 0 radical (unpaired) electrons. The first-order valence-electron chi connectivity index (χ1n) is 11.4. The molecule has 3 heterocycles. The average Bonchev–Trinajstić information content (AvgIpc) is 3.38. The predicted molar refractivity (Wildman–Crippen MR) is 139 cm³/mol. The largest absolute Gasteiger partial charge is 0.422 e. The van der Waals surface area contributed by atoms with Crippen molar-refractivity contribution in [3.63, 3.8) is 0 Å². The molecule has 0 fully saturated rings. The van der Waals surface area contributed by atoms with Crippen molar-refractivity contribution in [2.75, 3.05) is 23.3 Å². The third-order valence-electron chi connectivity index (χ3n) is 6.08. The van der Waals surface area contributed by atoms with Crippen LogP contribution in [-0.4, -0.2) is 29.8 Å². The van der Waals surface area contributed by atoms with Gasteiger partial charge >= 0.3 is 5.63 Å². The molecular formula is C27H23N3O4S. The number of ketones is 1. The van der Waals surface area contributed by atoms with Crippen LogP contribution in [0.4, 0.5) is 11.4 Å². The zero-order valence-corrected chi connectivity index (χ0v) is 20.4. The number of anilines is 2. The van der Waals surface area contributed by atoms with Gasteiger partial charge in [0.2, 0.25) is 0 Å². The summed E-state index contributed by atoms with van der Waals surface area (Å²) in [5.41, 5.74) is 3.46. The number of nitrogens with zero attached hydrogens (tertiary/aromatic N) is 2. The van der Waals surface area contributed by atoms with E-state index in [4.69, 9.17) is 4.42 Å². The second-order valence-electron chi connectivity index (χ2n) is 8.20. The highest BCUT2D eigenvalue weighted by Crippen LogP contribution is 2.33. The van der Waals surface area contributed by atoms with Gasteiger partial charge in [-0.2, -0.15) is 0 Å². The molecule has 2 aromatic heterocycles. The van der Waals surface area contributed by atoms with Gasteiger partial charge in [-0.15, -0.1) is 11.3 Å². The second-order valence-corrected chi connectivity index (χ2v) is 9.20. The highest BCUT2D eigenvalue weighted by atomic mass is 32.1. The van der Waals surface area contributed by atoms with Crippen molar-refractivity contribution in [1.29, 1.82) is 0 Å². The zero-order valence-electron chi connectivity index (χ0n) is 19.5. The maximum Gasteiger partial charge on any atom is 0.346 e. The molecule has 0 saturated carbocycles. The molecule has 0 saturated heterocycles. The van der Waals surface area contributed by atoms with E-state index in [9.17, 15) is 14.4 Å². The van der Waals surface area contributed by atoms with Crippen LogP contribution < -0.4 is 15.8 Å². The van der Waals surface area contributed by atoms with Crippen LogP contribution in [0, 0.1) is 6.92 Å². The molecular weight excluding hydrogens is 462 g/mol. The van der Waals surface area contributed by atoms with Crippen LogP contribution in [0.25, 0.3) is 27.1 Å². The number of carbonyl (C=O) groups is 2. The number of hydrogen-bond donors (Lipinski definition) is 1. The third kappa shape index (κ3) is 4.06. The van der Waals surface area contributed by atoms with E-state index in [-0.39, 0.29) is 11.7 Å². The number of allylic oxidation sites excluding steroid dienone is 1. The molecule has 35 heavy (non-hydrogen) atoms. The number of rotatable bonds is 6. The summed E-state index contributed by atoms with van der Waals surface area (Å²) in [6.45, 7) is 7.56. The molecule has 1 aliphatic rings. The number of benzene rings is 2. The number of aryl methyl sites for hydroxylation is 1. The third-order valence-corrected chi connectivity index (χ3v) is 7.29. The van der Waals surface area contributed by atoms with Crippen molar-refractivity contribution >= 4 is 50.9 Å². The summed E-state index contributed by atoms with van der Waals surface area (Å²) in [4.78, 5) is 45.3. The van der Waals surface area contributed by atoms with Gasteiger partial charge < -0.3 is 14.6 Å². The van der Waals surface area contributed by atoms with Crippen LogP contribution in [0.15, 0.2) is 63.8 Å². The van der Waals surface area contributed by atoms with Crippen molar-refractivity contribution in [1.82, 2.24) is 4.98 Å². The number of para-hydroxylation sites is 1. The number of fused-ring (bicyclic) bond motifs is 2. The van der Waals surface area contributed by atoms with E-state index in [0.717, 1.165) is 35.5 Å². The van der Waals surface area contributed by atoms with Gasteiger partial charge in [-0.25, -0.2) is 9.78 Å². The Kier molecular flexibility index (Phi) is 5.82. The first-order chi connectivity index (χ1) is 16.9. The standard InChI is InChI=1S/C27H23N3O4S/c1-4-30(5-2)17-11-10-16-12-20(27(33)34-23(16)13-17)26-28-15(3)24(35-26)22(31)14-19-18-8-6-7-9-21(18)29-25(19)32/h6-14H,4-5H2,1-3H3,(H,29,32)/b19-14+. The van der Waals surface area contributed by atoms with E-state index in [2.05, 4.69) is 29.0 Å². The molecule has 1 aliphatic heterocycles. The summed E-state index contributed by atoms with van der Waals surface area (Å²) < 4.78 is 5.63. The van der Waals surface area contributed by atoms with Crippen LogP contribution in [0.5, 0.6) is 0 Å². The molecule has 5 rings (SSSR count). The van der Waals surface area contributed by atoms with Crippen molar-refractivity contribution in [2.45, 2.75) is 20.8 Å². The first kappa shape index (κ1) is 22.7. The number of carbonyl (C=O) groups excluding carboxylic acids is 2. The fourth-order valence-corrected chi connectivity index (χ4v) is 5.23. The monoisotopic (exact) mass is 485 g/mol. The smallest absolute Gasteiger partial charge is 0.346 e. The Morgan fingerprint density at radius 2 is 1.86 bits per heavy atom. The van der Waals surface area contributed by atoms with Crippen molar-refractivity contribution in [3.05, 3.63) is 81.2 Å². The first-order valence-corrected chi connectivity index (χ1v) is 12.2. The van der Waals surface area contributed by atoms with E-state index >= 15 is 0 Å². The van der Waals surface area contributed by atoms with Gasteiger partial charge in [0.1, 0.15) is 10.6 Å². The molecule has 7 nitrogen and oxygen atoms in total. The van der Waals surface area contributed by atoms with Crippen molar-refractivity contribution in [2.24, 2.45) is 0 Å². The average molecular weight is 486 g/mol. The van der Waals surface area contributed by atoms with Gasteiger partial charge in [-0.1, -0.05) is 18.2 Å². The summed E-state index contributed by atoms with van der Waals surface area (Å²) in [5.74, 6) is -0.650. The molecule has 176 valence electrons. The van der Waals surface area contributed by atoms with Crippen LogP contribution >= 0.6 is 11.3 Å². The lowest BCUT2D eigenvalue weighted by Gasteiger charge is -2.20. The van der Waals surface area contributed by atoms with E-state index < -0.39 is 5.63 Å². The topological polar surface area (TPSA) is 92.5 Å². The van der Waals surface area contributed by atoms with E-state index in [1.807, 2.05) is 30.3 Å². The number of nitrogens with one attached hydrogen (secondary N) is 1. The van der Waals surface area contributed by atoms with Crippen molar-refractivity contribution < 1.29 is 14.0 Å². The Balaban J connectivity index is 1.50. The number of hydrogen-bond acceptors (Lipinski definition) is 7. The Hall–Kier alpha value is -4.04. The van der Waals surface area contributed by atoms with Crippen LogP contribution in [0.3, 0.4) is 0 Å². The van der Waals surface area contributed by atoms with Crippen LogP contribution in [0.2, 0.25) is 0 Å². The van der Waals surface area contributed by atoms with Gasteiger partial charge in [0, 0.05) is 47.6 Å². The molecule has 0 atom stereocenters. The van der Waals surface area contributed by atoms with Gasteiger partial charge in [0.25, 0.3) is 5.91 Å². The van der Waals surface area contributed by atoms with E-state index in [1.54, 1.807) is 25.1 Å². The predicted octanol–water partition coefficient (Wildman–Crippen LogP) is 5.29. The number of amides is 1. The summed E-state index contributed by atoms with van der Waals surface area (Å²) >= 11 is 1.12. The summed E-state index contributed by atoms with van der Waals surface area (Å²) in [6, 6.07) is 14.8. The number of thiazole rings is 1. The molecule has 0 spiro atoms. The van der Waals surface area contributed by atoms with Crippen molar-refractivity contribution in [3.8, 4) is 10.6 Å². The fraction of sp³-hybridized carbons (Fsp3) is 0.185. The van der Waals surface area contributed by atoms with Gasteiger partial charge in [0.05, 0.1) is 21.7 Å². The molecule has 0 aliphatic carbocycles. The fourth-order valence-electron chi connectivity index (χ4n) is 4.25. The maximum absolute atomic E-state index is 13.1. The lowest BCUT2D eigenvalue weighted by molar-refractivity contribution is -0.110. The summed E-state index contributed by atoms with van der Waals surface area (Å²) in [6.07, 6.45) is 1.34. The normalized spacial score (nSPS) is 13.8. The molecule has 0 unspecified atom stereocenters. The SMILES string of the molecule is CCN(CC)c1ccc2cc(-c3nc(C)c(C(=O)/C=C4/C(=O)Nc5ccccc54)s3)c(=O)oc2c1. The van der Waals surface area contributed by atoms with E-state index in [1.165, 1.54) is 6.08 Å². The van der Waals surface area contributed by atoms with E-state index in [0.29, 0.717) is 43.5 Å². The maximum atomic E-state index is 13.1. The Labute approximate surface area is 205 Å². The van der Waals surface area contributed by atoms with Crippen LogP contribution in [-0.2, 0) is 4.79 Å². The summed E-state index contributed by atoms with van der Waals surface area (Å²) in [7, 11) is 0.